The molecule has 0 radical (unpaired) electrons. The molecular weight excluding hydrogens is 604 g/mol. The van der Waals surface area contributed by atoms with Crippen molar-refractivity contribution in [3.05, 3.63) is 95.1 Å². The van der Waals surface area contributed by atoms with Gasteiger partial charge in [0.05, 0.1) is 32.4 Å². The number of aliphatic hydroxyl groups excluding tert-OH is 2. The van der Waals surface area contributed by atoms with E-state index in [4.69, 9.17) is 9.47 Å². The van der Waals surface area contributed by atoms with Gasteiger partial charge in [0.2, 0.25) is 0 Å². The lowest BCUT2D eigenvalue weighted by molar-refractivity contribution is -0.946. The van der Waals surface area contributed by atoms with E-state index in [0.717, 1.165) is 48.1 Å². The molecule has 2 bridgehead atoms. The summed E-state index contributed by atoms with van der Waals surface area (Å²) in [6.07, 6.45) is 7.12. The number of rotatable bonds is 16. The van der Waals surface area contributed by atoms with Gasteiger partial charge in [-0.2, -0.15) is 0 Å². The highest BCUT2D eigenvalue weighted by Gasteiger charge is 2.48. The molecule has 3 aliphatic heterocycles. The van der Waals surface area contributed by atoms with E-state index in [2.05, 4.69) is 36.5 Å². The third-order valence-electron chi connectivity index (χ3n) is 11.5. The predicted octanol–water partition coefficient (Wildman–Crippen LogP) is 5.22. The Morgan fingerprint density at radius 1 is 0.958 bits per heavy atom. The van der Waals surface area contributed by atoms with E-state index < -0.39 is 11.7 Å². The molecule has 4 fully saturated rings. The first-order chi connectivity index (χ1) is 23.3. The van der Waals surface area contributed by atoms with Gasteiger partial charge in [0.25, 0.3) is 0 Å². The molecule has 3 aromatic carbocycles. The first kappa shape index (κ1) is 34.9. The van der Waals surface area contributed by atoms with Crippen molar-refractivity contribution < 1.29 is 34.4 Å². The molecule has 1 saturated carbocycles. The van der Waals surface area contributed by atoms with Crippen LogP contribution < -0.4 is 10.1 Å². The lowest BCUT2D eigenvalue weighted by Crippen LogP contribution is -2.65. The fraction of sp³-hybridized carbons (Fsp3) is 0.550. The zero-order chi connectivity index (χ0) is 33.6. The highest BCUT2D eigenvalue weighted by molar-refractivity contribution is 5.36. The molecule has 8 heteroatoms. The highest BCUT2D eigenvalue weighted by atomic mass is 16.5. The van der Waals surface area contributed by atoms with Crippen molar-refractivity contribution in [2.45, 2.75) is 82.3 Å². The van der Waals surface area contributed by atoms with Crippen LogP contribution in [0, 0.1) is 11.8 Å². The summed E-state index contributed by atoms with van der Waals surface area (Å²) in [5.41, 5.74) is 2.34. The zero-order valence-electron chi connectivity index (χ0n) is 28.5. The molecule has 4 aliphatic rings. The maximum absolute atomic E-state index is 12.0. The number of hydrogen-bond donors (Lipinski definition) is 5. The van der Waals surface area contributed by atoms with E-state index in [1.54, 1.807) is 12.1 Å². The summed E-state index contributed by atoms with van der Waals surface area (Å²) < 4.78 is 14.0. The Labute approximate surface area is 285 Å². The number of nitrogens with one attached hydrogen (secondary N) is 1. The molecular formula is C40H55N2O6+. The summed E-state index contributed by atoms with van der Waals surface area (Å²) in [7, 11) is 0. The quantitative estimate of drug-likeness (QED) is 0.134. The van der Waals surface area contributed by atoms with E-state index in [9.17, 15) is 20.4 Å². The number of benzene rings is 3. The van der Waals surface area contributed by atoms with Crippen LogP contribution in [0.1, 0.15) is 73.8 Å². The summed E-state index contributed by atoms with van der Waals surface area (Å²) in [6.45, 7) is 7.55. The van der Waals surface area contributed by atoms with Crippen molar-refractivity contribution >= 4 is 0 Å². The monoisotopic (exact) mass is 659 g/mol. The number of aromatic hydroxyl groups is 1. The van der Waals surface area contributed by atoms with Crippen LogP contribution in [0.3, 0.4) is 0 Å². The Hall–Kier alpha value is -2.98. The minimum absolute atomic E-state index is 0.0315. The Morgan fingerprint density at radius 2 is 1.69 bits per heavy atom. The van der Waals surface area contributed by atoms with Crippen LogP contribution in [-0.4, -0.2) is 83.0 Å². The number of nitrogens with zero attached hydrogens (tertiary/aromatic N) is 1. The maximum Gasteiger partial charge on any atom is 0.137 e. The number of ether oxygens (including phenoxy) is 2. The summed E-state index contributed by atoms with van der Waals surface area (Å²) in [6, 6.07) is 23.5. The van der Waals surface area contributed by atoms with Gasteiger partial charge in [-0.15, -0.1) is 0 Å². The highest BCUT2D eigenvalue weighted by Crippen LogP contribution is 2.42. The fourth-order valence-electron chi connectivity index (χ4n) is 8.40. The SMILES string of the molecule is CC(Cc1ccc(OCC[N+]23CCC(CC2)[C@@H](OCC(O)(c2ccccc2)C2CCCC2)C3)cc1)NC[C@H](O)c1ccc(O)c(CO)c1. The second-order valence-electron chi connectivity index (χ2n) is 14.7. The van der Waals surface area contributed by atoms with Gasteiger partial charge < -0.3 is 39.7 Å². The second kappa shape index (κ2) is 15.7. The molecule has 0 aromatic heterocycles. The first-order valence-electron chi connectivity index (χ1n) is 18.1. The van der Waals surface area contributed by atoms with Crippen LogP contribution >= 0.6 is 0 Å². The van der Waals surface area contributed by atoms with Gasteiger partial charge in [0.1, 0.15) is 42.9 Å². The molecule has 4 atom stereocenters. The van der Waals surface area contributed by atoms with E-state index in [1.165, 1.54) is 50.4 Å². The zero-order valence-corrected chi connectivity index (χ0v) is 28.5. The predicted molar refractivity (Wildman–Crippen MR) is 187 cm³/mol. The second-order valence-corrected chi connectivity index (χ2v) is 14.7. The van der Waals surface area contributed by atoms with Gasteiger partial charge >= 0.3 is 0 Å². The summed E-state index contributed by atoms with van der Waals surface area (Å²) in [5, 5.41) is 45.2. The number of hydrogen-bond acceptors (Lipinski definition) is 7. The van der Waals surface area contributed by atoms with Gasteiger partial charge in [-0.25, -0.2) is 0 Å². The van der Waals surface area contributed by atoms with E-state index in [1.807, 2.05) is 30.3 Å². The fourth-order valence-corrected chi connectivity index (χ4v) is 8.40. The van der Waals surface area contributed by atoms with E-state index in [-0.39, 0.29) is 30.4 Å². The Bertz CT molecular complexity index is 1440. The molecule has 2 unspecified atom stereocenters. The van der Waals surface area contributed by atoms with Crippen LogP contribution in [0.25, 0.3) is 0 Å². The number of piperidine rings is 3. The van der Waals surface area contributed by atoms with Gasteiger partial charge in [-0.05, 0) is 73.1 Å². The molecule has 1 aliphatic carbocycles. The van der Waals surface area contributed by atoms with Crippen molar-refractivity contribution in [3.63, 3.8) is 0 Å². The van der Waals surface area contributed by atoms with Gasteiger partial charge in [-0.3, -0.25) is 0 Å². The van der Waals surface area contributed by atoms with Crippen LogP contribution in [0.2, 0.25) is 0 Å². The average Bonchev–Trinajstić information content (AvgIpc) is 3.68. The average molecular weight is 660 g/mol. The van der Waals surface area contributed by atoms with Crippen LogP contribution in [0.15, 0.2) is 72.8 Å². The number of aliphatic hydroxyl groups is 3. The van der Waals surface area contributed by atoms with Crippen molar-refractivity contribution in [2.75, 3.05) is 45.9 Å². The summed E-state index contributed by atoms with van der Waals surface area (Å²) >= 11 is 0. The molecule has 8 nitrogen and oxygen atoms in total. The third-order valence-corrected chi connectivity index (χ3v) is 11.5. The minimum Gasteiger partial charge on any atom is -0.508 e. The van der Waals surface area contributed by atoms with E-state index in [0.29, 0.717) is 36.8 Å². The molecule has 3 aromatic rings. The standard InChI is InChI=1S/C40H54N2O6/c1-29(41-25-38(45)32-13-16-37(44)33(24-32)27-43)23-30-11-14-36(15-12-30)47-22-21-42-19-17-31(18-20-42)39(26-42)48-28-40(46,35-9-5-6-10-35)34-7-3-2-4-8-34/h2-4,7-8,11-16,24,29,31,35,38-39,41,43,45-46H,5-6,9-10,17-23,25-28H2,1H3/p+1/t29?,31?,38-,39-,40?,42?/m0/s1. The van der Waals surface area contributed by atoms with Crippen LogP contribution in [-0.2, 0) is 23.4 Å². The Kier molecular flexibility index (Phi) is 11.4. The molecule has 0 spiro atoms. The van der Waals surface area contributed by atoms with Crippen molar-refractivity contribution in [1.82, 2.24) is 5.32 Å². The lowest BCUT2D eigenvalue weighted by Gasteiger charge is -2.52. The lowest BCUT2D eigenvalue weighted by atomic mass is 9.80. The van der Waals surface area contributed by atoms with Gasteiger partial charge in [-0.1, -0.05) is 61.4 Å². The van der Waals surface area contributed by atoms with Crippen molar-refractivity contribution in [1.29, 1.82) is 0 Å². The summed E-state index contributed by atoms with van der Waals surface area (Å²) in [5.74, 6) is 1.75. The van der Waals surface area contributed by atoms with Gasteiger partial charge in [0, 0.05) is 36.9 Å². The molecule has 3 saturated heterocycles. The third kappa shape index (κ3) is 8.24. The van der Waals surface area contributed by atoms with Crippen molar-refractivity contribution in [3.8, 4) is 11.5 Å². The molecule has 260 valence electrons. The topological polar surface area (TPSA) is 111 Å². The molecule has 48 heavy (non-hydrogen) atoms. The number of fused-ring (bicyclic) bond motifs is 3. The molecule has 7 rings (SSSR count). The first-order valence-corrected chi connectivity index (χ1v) is 18.1. The van der Waals surface area contributed by atoms with Crippen LogP contribution in [0.4, 0.5) is 0 Å². The van der Waals surface area contributed by atoms with Crippen LogP contribution in [0.5, 0.6) is 11.5 Å². The number of phenols is 1. The summed E-state index contributed by atoms with van der Waals surface area (Å²) in [4.78, 5) is 0. The molecule has 0 amide bonds. The largest absolute Gasteiger partial charge is 0.508 e. The molecule has 3 heterocycles. The van der Waals surface area contributed by atoms with Gasteiger partial charge in [0.15, 0.2) is 0 Å². The smallest absolute Gasteiger partial charge is 0.137 e. The maximum atomic E-state index is 12.0. The Balaban J connectivity index is 0.956. The number of quaternary nitrogens is 1. The normalized spacial score (nSPS) is 25.1. The minimum atomic E-state index is -0.919. The van der Waals surface area contributed by atoms with Crippen molar-refractivity contribution in [2.24, 2.45) is 11.8 Å². The van der Waals surface area contributed by atoms with E-state index >= 15 is 0 Å². The molecule has 5 N–H and O–H groups in total. The Morgan fingerprint density at radius 3 is 2.40 bits per heavy atom.